The molecule has 2 aliphatic rings. The second-order valence-electron chi connectivity index (χ2n) is 8.32. The fourth-order valence-corrected chi connectivity index (χ4v) is 4.37. The van der Waals surface area contributed by atoms with Crippen LogP contribution in [0.1, 0.15) is 51.9 Å². The highest BCUT2D eigenvalue weighted by molar-refractivity contribution is 6.31. The lowest BCUT2D eigenvalue weighted by Crippen LogP contribution is -2.47. The summed E-state index contributed by atoms with van der Waals surface area (Å²) in [6.07, 6.45) is 1.26. The van der Waals surface area contributed by atoms with Crippen molar-refractivity contribution in [3.05, 3.63) is 69.2 Å². The maximum Gasteiger partial charge on any atom is 0.315 e. The van der Waals surface area contributed by atoms with Gasteiger partial charge in [-0.3, -0.25) is 19.7 Å². The Morgan fingerprint density at radius 2 is 1.94 bits per heavy atom. The van der Waals surface area contributed by atoms with Crippen molar-refractivity contribution in [2.45, 2.75) is 51.9 Å². The smallest absolute Gasteiger partial charge is 0.315 e. The van der Waals surface area contributed by atoms with Crippen molar-refractivity contribution in [2.75, 3.05) is 0 Å². The van der Waals surface area contributed by atoms with Gasteiger partial charge in [0.25, 0.3) is 5.91 Å². The van der Waals surface area contributed by atoms with Crippen LogP contribution >= 0.6 is 11.6 Å². The zero-order valence-corrected chi connectivity index (χ0v) is 19.0. The number of benzene rings is 2. The summed E-state index contributed by atoms with van der Waals surface area (Å²) >= 11 is 6.13. The molecule has 0 aromatic heterocycles. The Labute approximate surface area is 196 Å². The van der Waals surface area contributed by atoms with E-state index in [-0.39, 0.29) is 37.4 Å². The Balaban J connectivity index is 1.39. The predicted molar refractivity (Wildman–Crippen MR) is 122 cm³/mol. The molecule has 2 heterocycles. The third kappa shape index (κ3) is 5.01. The molecule has 9 heteroatoms. The van der Waals surface area contributed by atoms with Crippen LogP contribution < -0.4 is 16.0 Å². The van der Waals surface area contributed by atoms with Crippen molar-refractivity contribution in [2.24, 2.45) is 0 Å². The number of imide groups is 1. The number of nitrogens with one attached hydrogen (secondary N) is 3. The van der Waals surface area contributed by atoms with Crippen LogP contribution in [0.3, 0.4) is 0 Å². The van der Waals surface area contributed by atoms with Crippen LogP contribution in [-0.2, 0) is 29.2 Å². The molecule has 0 aliphatic carbocycles. The quantitative estimate of drug-likeness (QED) is 0.586. The molecular weight excluding hydrogens is 444 g/mol. The van der Waals surface area contributed by atoms with E-state index in [1.165, 1.54) is 4.90 Å². The molecule has 3 N–H and O–H groups in total. The molecule has 1 fully saturated rings. The molecule has 0 saturated carbocycles. The molecule has 2 aromatic rings. The second kappa shape index (κ2) is 9.62. The average Bonchev–Trinajstić information content (AvgIpc) is 3.02. The van der Waals surface area contributed by atoms with Crippen LogP contribution in [-0.4, -0.2) is 34.7 Å². The summed E-state index contributed by atoms with van der Waals surface area (Å²) in [5.74, 6) is -0.980. The highest BCUT2D eigenvalue weighted by atomic mass is 35.5. The molecular formula is C24H25ClN4O4. The average molecular weight is 469 g/mol. The van der Waals surface area contributed by atoms with E-state index in [1.807, 2.05) is 31.2 Å². The van der Waals surface area contributed by atoms with E-state index in [0.717, 1.165) is 22.3 Å². The first-order valence-corrected chi connectivity index (χ1v) is 11.2. The van der Waals surface area contributed by atoms with E-state index in [0.29, 0.717) is 30.0 Å². The van der Waals surface area contributed by atoms with Gasteiger partial charge in [0.15, 0.2) is 0 Å². The zero-order valence-electron chi connectivity index (χ0n) is 18.2. The van der Waals surface area contributed by atoms with E-state index >= 15 is 0 Å². The molecule has 1 saturated heterocycles. The van der Waals surface area contributed by atoms with Gasteiger partial charge in [-0.15, -0.1) is 0 Å². The molecule has 2 aromatic carbocycles. The summed E-state index contributed by atoms with van der Waals surface area (Å²) in [6.45, 7) is 2.75. The van der Waals surface area contributed by atoms with Gasteiger partial charge in [-0.1, -0.05) is 35.9 Å². The Morgan fingerprint density at radius 3 is 2.73 bits per heavy atom. The Kier molecular flexibility index (Phi) is 6.65. The minimum Gasteiger partial charge on any atom is -0.334 e. The van der Waals surface area contributed by atoms with Gasteiger partial charge in [0.2, 0.25) is 11.8 Å². The van der Waals surface area contributed by atoms with Crippen molar-refractivity contribution in [3.63, 3.8) is 0 Å². The third-order valence-electron chi connectivity index (χ3n) is 6.04. The van der Waals surface area contributed by atoms with Crippen LogP contribution in [0, 0.1) is 6.92 Å². The summed E-state index contributed by atoms with van der Waals surface area (Å²) in [5, 5.41) is 8.63. The van der Waals surface area contributed by atoms with Gasteiger partial charge in [-0.2, -0.15) is 0 Å². The maximum atomic E-state index is 13.0. The van der Waals surface area contributed by atoms with Gasteiger partial charge < -0.3 is 15.5 Å². The van der Waals surface area contributed by atoms with Gasteiger partial charge in [-0.05, 0) is 54.2 Å². The SMILES string of the molecule is Cc1ccc(CNC(=O)NCc2cccc3c2CN([C@H]2CCCC(=O)NC2=O)C3=O)cc1Cl. The molecule has 5 amide bonds. The molecule has 2 aliphatic heterocycles. The summed E-state index contributed by atoms with van der Waals surface area (Å²) in [6, 6.07) is 9.95. The number of hydrogen-bond acceptors (Lipinski definition) is 4. The highest BCUT2D eigenvalue weighted by Crippen LogP contribution is 2.29. The van der Waals surface area contributed by atoms with Crippen molar-refractivity contribution >= 4 is 35.4 Å². The monoisotopic (exact) mass is 468 g/mol. The number of rotatable bonds is 5. The first-order chi connectivity index (χ1) is 15.8. The molecule has 1 atom stereocenters. The molecule has 0 unspecified atom stereocenters. The number of urea groups is 1. The first-order valence-electron chi connectivity index (χ1n) is 10.9. The van der Waals surface area contributed by atoms with E-state index in [2.05, 4.69) is 16.0 Å². The van der Waals surface area contributed by atoms with Gasteiger partial charge >= 0.3 is 6.03 Å². The van der Waals surface area contributed by atoms with Crippen molar-refractivity contribution in [1.29, 1.82) is 0 Å². The number of carbonyl (C=O) groups is 4. The standard InChI is InChI=1S/C24H25ClN4O4/c1-14-8-9-15(10-19(14)25)11-26-24(33)27-12-16-4-2-5-17-18(16)13-29(23(17)32)20-6-3-7-21(30)28-22(20)31/h2,4-5,8-10,20H,3,6-7,11-13H2,1H3,(H2,26,27,33)(H,28,30,31)/t20-/m0/s1. The molecule has 0 spiro atoms. The van der Waals surface area contributed by atoms with E-state index in [1.54, 1.807) is 12.1 Å². The second-order valence-corrected chi connectivity index (χ2v) is 8.72. The predicted octanol–water partition coefficient (Wildman–Crippen LogP) is 2.80. The highest BCUT2D eigenvalue weighted by Gasteiger charge is 2.38. The van der Waals surface area contributed by atoms with Crippen LogP contribution in [0.5, 0.6) is 0 Å². The minimum absolute atomic E-state index is 0.234. The molecule has 8 nitrogen and oxygen atoms in total. The lowest BCUT2D eigenvalue weighted by atomic mass is 10.0. The Morgan fingerprint density at radius 1 is 1.15 bits per heavy atom. The number of hydrogen-bond donors (Lipinski definition) is 3. The molecule has 172 valence electrons. The largest absolute Gasteiger partial charge is 0.334 e. The van der Waals surface area contributed by atoms with Crippen LogP contribution in [0.25, 0.3) is 0 Å². The van der Waals surface area contributed by atoms with Crippen LogP contribution in [0.15, 0.2) is 36.4 Å². The fourth-order valence-electron chi connectivity index (χ4n) is 4.17. The number of fused-ring (bicyclic) bond motifs is 1. The number of amides is 5. The van der Waals surface area contributed by atoms with Crippen molar-refractivity contribution < 1.29 is 19.2 Å². The number of carbonyl (C=O) groups excluding carboxylic acids is 4. The molecule has 0 radical (unpaired) electrons. The summed E-state index contributed by atoms with van der Waals surface area (Å²) in [7, 11) is 0. The third-order valence-corrected chi connectivity index (χ3v) is 6.45. The summed E-state index contributed by atoms with van der Waals surface area (Å²) in [4.78, 5) is 50.9. The Bertz CT molecular complexity index is 1130. The summed E-state index contributed by atoms with van der Waals surface area (Å²) < 4.78 is 0. The normalized spacial score (nSPS) is 17.9. The number of halogens is 1. The Hall–Kier alpha value is -3.39. The zero-order chi connectivity index (χ0) is 23.5. The lowest BCUT2D eigenvalue weighted by Gasteiger charge is -2.24. The summed E-state index contributed by atoms with van der Waals surface area (Å²) in [5.41, 5.74) is 3.98. The van der Waals surface area contributed by atoms with Crippen molar-refractivity contribution in [1.82, 2.24) is 20.9 Å². The van der Waals surface area contributed by atoms with Gasteiger partial charge in [0.05, 0.1) is 0 Å². The van der Waals surface area contributed by atoms with E-state index in [9.17, 15) is 19.2 Å². The van der Waals surface area contributed by atoms with Gasteiger partial charge in [-0.25, -0.2) is 4.79 Å². The first kappa shape index (κ1) is 22.8. The topological polar surface area (TPSA) is 108 Å². The minimum atomic E-state index is -0.679. The van der Waals surface area contributed by atoms with E-state index < -0.39 is 11.9 Å². The number of nitrogens with zero attached hydrogens (tertiary/aromatic N) is 1. The van der Waals surface area contributed by atoms with Gasteiger partial charge in [0.1, 0.15) is 6.04 Å². The van der Waals surface area contributed by atoms with Gasteiger partial charge in [0, 0.05) is 36.6 Å². The van der Waals surface area contributed by atoms with Crippen LogP contribution in [0.4, 0.5) is 4.79 Å². The van der Waals surface area contributed by atoms with Crippen LogP contribution in [0.2, 0.25) is 5.02 Å². The lowest BCUT2D eigenvalue weighted by molar-refractivity contribution is -0.132. The molecule has 33 heavy (non-hydrogen) atoms. The maximum absolute atomic E-state index is 13.0. The van der Waals surface area contributed by atoms with Crippen molar-refractivity contribution in [3.8, 4) is 0 Å². The van der Waals surface area contributed by atoms with E-state index in [4.69, 9.17) is 11.6 Å². The molecule has 4 rings (SSSR count). The number of aryl methyl sites for hydroxylation is 1. The molecule has 0 bridgehead atoms. The fraction of sp³-hybridized carbons (Fsp3) is 0.333.